The molecular weight excluding hydrogens is 267 g/mol. The molecule has 1 rings (SSSR count). The van der Waals surface area contributed by atoms with Crippen molar-refractivity contribution in [3.8, 4) is 5.88 Å². The minimum absolute atomic E-state index is 0.468. The van der Waals surface area contributed by atoms with Gasteiger partial charge in [-0.15, -0.1) is 0 Å². The molecule has 0 amide bonds. The van der Waals surface area contributed by atoms with Crippen LogP contribution in [0.4, 0.5) is 24.5 Å². The molecule has 0 radical (unpaired) electrons. The molecule has 1 aromatic rings. The van der Waals surface area contributed by atoms with Crippen LogP contribution in [-0.2, 0) is 0 Å². The molecule has 0 bridgehead atoms. The number of nitro groups is 1. The van der Waals surface area contributed by atoms with Crippen LogP contribution in [0.2, 0.25) is 5.15 Å². The molecule has 0 aliphatic rings. The van der Waals surface area contributed by atoms with Crippen LogP contribution >= 0.6 is 11.6 Å². The van der Waals surface area contributed by atoms with Gasteiger partial charge in [-0.25, -0.2) is 8.78 Å². The van der Waals surface area contributed by atoms with Gasteiger partial charge < -0.3 is 10.5 Å². The number of nitrogens with two attached hydrogens (primary N) is 1. The van der Waals surface area contributed by atoms with Gasteiger partial charge >= 0.3 is 12.1 Å². The standard InChI is InChI=1S/C7H5ClF3N3O3/c8-4-3(14(15)16)1-2(12)7(13-4)17-6(11)5(9)10/h1,5-6H,12H2. The summed E-state index contributed by atoms with van der Waals surface area (Å²) in [7, 11) is 0. The second-order valence-electron chi connectivity index (χ2n) is 2.75. The molecule has 1 unspecified atom stereocenters. The Labute approximate surface area is 97.3 Å². The Hall–Kier alpha value is -1.77. The van der Waals surface area contributed by atoms with Crippen molar-refractivity contribution in [1.82, 2.24) is 4.98 Å². The van der Waals surface area contributed by atoms with E-state index in [1.165, 1.54) is 0 Å². The Kier molecular flexibility index (Phi) is 3.94. The molecule has 0 aromatic carbocycles. The SMILES string of the molecule is Nc1cc([N+](=O)[O-])c(Cl)nc1OC(F)C(F)F. The smallest absolute Gasteiger partial charge is 0.308 e. The number of pyridine rings is 1. The van der Waals surface area contributed by atoms with Crippen LogP contribution in [0.3, 0.4) is 0 Å². The van der Waals surface area contributed by atoms with Crippen LogP contribution in [0.25, 0.3) is 0 Å². The van der Waals surface area contributed by atoms with E-state index in [9.17, 15) is 23.3 Å². The minimum atomic E-state index is -3.40. The first-order valence-corrected chi connectivity index (χ1v) is 4.40. The number of alkyl halides is 3. The summed E-state index contributed by atoms with van der Waals surface area (Å²) in [4.78, 5) is 12.7. The molecule has 6 nitrogen and oxygen atoms in total. The van der Waals surface area contributed by atoms with Gasteiger partial charge in [0.05, 0.1) is 4.92 Å². The molecule has 0 fully saturated rings. The Balaban J connectivity index is 3.03. The highest BCUT2D eigenvalue weighted by atomic mass is 35.5. The maximum atomic E-state index is 12.5. The lowest BCUT2D eigenvalue weighted by atomic mass is 10.4. The zero-order valence-corrected chi connectivity index (χ0v) is 8.70. The van der Waals surface area contributed by atoms with E-state index in [-0.39, 0.29) is 0 Å². The van der Waals surface area contributed by atoms with E-state index in [1.807, 2.05) is 0 Å². The topological polar surface area (TPSA) is 91.3 Å². The van der Waals surface area contributed by atoms with Gasteiger partial charge in [0, 0.05) is 6.07 Å². The van der Waals surface area contributed by atoms with Gasteiger partial charge in [0.1, 0.15) is 5.69 Å². The number of nitrogens with zero attached hydrogens (tertiary/aromatic N) is 2. The summed E-state index contributed by atoms with van der Waals surface area (Å²) in [5.74, 6) is -0.728. The third-order valence-corrected chi connectivity index (χ3v) is 1.85. The molecule has 0 spiro atoms. The Morgan fingerprint density at radius 1 is 1.53 bits per heavy atom. The maximum absolute atomic E-state index is 12.5. The highest BCUT2D eigenvalue weighted by Crippen LogP contribution is 2.31. The Morgan fingerprint density at radius 2 is 2.12 bits per heavy atom. The summed E-state index contributed by atoms with van der Waals surface area (Å²) in [5, 5.41) is 9.77. The van der Waals surface area contributed by atoms with Gasteiger partial charge in [0.2, 0.25) is 11.0 Å². The fourth-order valence-corrected chi connectivity index (χ4v) is 1.06. The first-order chi connectivity index (χ1) is 7.82. The molecule has 0 aliphatic carbocycles. The summed E-state index contributed by atoms with van der Waals surface area (Å²) in [6, 6.07) is 0.739. The van der Waals surface area contributed by atoms with Crippen LogP contribution < -0.4 is 10.5 Å². The third kappa shape index (κ3) is 3.09. The van der Waals surface area contributed by atoms with Crippen molar-refractivity contribution in [3.63, 3.8) is 0 Å². The predicted molar refractivity (Wildman–Crippen MR) is 51.8 cm³/mol. The average molecular weight is 272 g/mol. The van der Waals surface area contributed by atoms with E-state index >= 15 is 0 Å². The molecule has 2 N–H and O–H groups in total. The second kappa shape index (κ2) is 5.04. The summed E-state index contributed by atoms with van der Waals surface area (Å²) in [6.45, 7) is 0. The monoisotopic (exact) mass is 271 g/mol. The number of halogens is 4. The maximum Gasteiger partial charge on any atom is 0.308 e. The van der Waals surface area contributed by atoms with Crippen molar-refractivity contribution < 1.29 is 22.8 Å². The molecule has 1 aromatic heterocycles. The molecule has 0 saturated heterocycles. The molecule has 1 heterocycles. The number of ether oxygens (including phenoxy) is 1. The normalized spacial score (nSPS) is 12.5. The van der Waals surface area contributed by atoms with E-state index in [0.717, 1.165) is 6.07 Å². The lowest BCUT2D eigenvalue weighted by molar-refractivity contribution is -0.385. The van der Waals surface area contributed by atoms with E-state index in [1.54, 1.807) is 0 Å². The van der Waals surface area contributed by atoms with E-state index in [4.69, 9.17) is 17.3 Å². The average Bonchev–Trinajstić information content (AvgIpc) is 2.22. The van der Waals surface area contributed by atoms with Crippen molar-refractivity contribution in [3.05, 3.63) is 21.3 Å². The summed E-state index contributed by atoms with van der Waals surface area (Å²) >= 11 is 5.36. The highest BCUT2D eigenvalue weighted by molar-refractivity contribution is 6.31. The van der Waals surface area contributed by atoms with Crippen molar-refractivity contribution in [2.75, 3.05) is 5.73 Å². The van der Waals surface area contributed by atoms with Crippen molar-refractivity contribution in [2.24, 2.45) is 0 Å². The van der Waals surface area contributed by atoms with Gasteiger partial charge in [-0.05, 0) is 0 Å². The van der Waals surface area contributed by atoms with E-state index < -0.39 is 40.1 Å². The highest BCUT2D eigenvalue weighted by Gasteiger charge is 2.25. The number of aromatic nitrogens is 1. The fraction of sp³-hybridized carbons (Fsp3) is 0.286. The van der Waals surface area contributed by atoms with Crippen molar-refractivity contribution in [1.29, 1.82) is 0 Å². The molecule has 0 saturated carbocycles. The lowest BCUT2D eigenvalue weighted by Gasteiger charge is -2.11. The van der Waals surface area contributed by atoms with Crippen LogP contribution in [0.15, 0.2) is 6.07 Å². The summed E-state index contributed by atoms with van der Waals surface area (Å²) < 4.78 is 40.3. The van der Waals surface area contributed by atoms with Crippen LogP contribution in [-0.4, -0.2) is 22.7 Å². The predicted octanol–water partition coefficient (Wildman–Crippen LogP) is 2.16. The number of hydrogen-bond acceptors (Lipinski definition) is 5. The molecule has 0 aliphatic heterocycles. The fourth-order valence-electron chi connectivity index (χ4n) is 0.860. The zero-order valence-electron chi connectivity index (χ0n) is 7.94. The first-order valence-electron chi connectivity index (χ1n) is 4.02. The number of rotatable bonds is 4. The van der Waals surface area contributed by atoms with Gasteiger partial charge in [0.15, 0.2) is 0 Å². The third-order valence-electron chi connectivity index (χ3n) is 1.57. The molecule has 94 valence electrons. The second-order valence-corrected chi connectivity index (χ2v) is 3.11. The van der Waals surface area contributed by atoms with Crippen LogP contribution in [0, 0.1) is 10.1 Å². The quantitative estimate of drug-likeness (QED) is 0.515. The molecule has 1 atom stereocenters. The van der Waals surface area contributed by atoms with Gasteiger partial charge in [-0.1, -0.05) is 11.6 Å². The minimum Gasteiger partial charge on any atom is -0.435 e. The van der Waals surface area contributed by atoms with Gasteiger partial charge in [-0.3, -0.25) is 10.1 Å². The summed E-state index contributed by atoms with van der Waals surface area (Å²) in [6.07, 6.45) is -6.34. The van der Waals surface area contributed by atoms with Crippen molar-refractivity contribution >= 4 is 23.0 Å². The van der Waals surface area contributed by atoms with E-state index in [2.05, 4.69) is 9.72 Å². The van der Waals surface area contributed by atoms with Crippen LogP contribution in [0.5, 0.6) is 5.88 Å². The van der Waals surface area contributed by atoms with Gasteiger partial charge in [-0.2, -0.15) is 9.37 Å². The van der Waals surface area contributed by atoms with Crippen molar-refractivity contribution in [2.45, 2.75) is 12.8 Å². The van der Waals surface area contributed by atoms with Crippen LogP contribution in [0.1, 0.15) is 0 Å². The molecular formula is C7H5ClF3N3O3. The Morgan fingerprint density at radius 3 is 2.59 bits per heavy atom. The first kappa shape index (κ1) is 13.3. The number of anilines is 1. The Bertz CT molecular complexity index is 446. The zero-order chi connectivity index (χ0) is 13.2. The largest absolute Gasteiger partial charge is 0.435 e. The molecule has 17 heavy (non-hydrogen) atoms. The van der Waals surface area contributed by atoms with Gasteiger partial charge in [0.25, 0.3) is 6.36 Å². The number of nitrogen functional groups attached to an aromatic ring is 1. The number of hydrogen-bond donors (Lipinski definition) is 1. The molecule has 10 heteroatoms. The lowest BCUT2D eigenvalue weighted by Crippen LogP contribution is -2.20. The summed E-state index contributed by atoms with van der Waals surface area (Å²) in [5.41, 5.74) is 4.11. The van der Waals surface area contributed by atoms with E-state index in [0.29, 0.717) is 0 Å².